The fourth-order valence-electron chi connectivity index (χ4n) is 4.99. The average molecular weight is 473 g/mol. The van der Waals surface area contributed by atoms with Crippen LogP contribution >= 0.6 is 12.4 Å². The van der Waals surface area contributed by atoms with E-state index in [4.69, 9.17) is 4.74 Å². The maximum atomic E-state index is 13.3. The maximum Gasteiger partial charge on any atom is 0.173 e. The molecule has 33 heavy (non-hydrogen) atoms. The highest BCUT2D eigenvalue weighted by Gasteiger charge is 2.33. The molecule has 0 bridgehead atoms. The van der Waals surface area contributed by atoms with Gasteiger partial charge in [0.1, 0.15) is 11.6 Å². The van der Waals surface area contributed by atoms with Gasteiger partial charge in [-0.05, 0) is 65.2 Å². The van der Waals surface area contributed by atoms with Crippen molar-refractivity contribution in [3.05, 3.63) is 65.7 Å². The molecule has 1 aromatic heterocycles. The largest absolute Gasteiger partial charge is 0.497 e. The number of benzene rings is 2. The Morgan fingerprint density at radius 1 is 0.939 bits per heavy atom. The fraction of sp³-hybridized carbons (Fsp3) is 0.458. The quantitative estimate of drug-likeness (QED) is 0.534. The van der Waals surface area contributed by atoms with Crippen LogP contribution in [0.1, 0.15) is 49.2 Å². The minimum absolute atomic E-state index is 0. The van der Waals surface area contributed by atoms with Crippen molar-refractivity contribution in [3.63, 3.8) is 0 Å². The van der Waals surface area contributed by atoms with Crippen LogP contribution in [0, 0.1) is 5.82 Å². The lowest BCUT2D eigenvalue weighted by Crippen LogP contribution is -2.48. The normalized spacial score (nSPS) is 18.2. The molecule has 0 radical (unpaired) electrons. The lowest BCUT2D eigenvalue weighted by molar-refractivity contribution is 0.197. The Morgan fingerprint density at radius 2 is 1.61 bits per heavy atom. The first kappa shape index (κ1) is 23.4. The van der Waals surface area contributed by atoms with E-state index in [2.05, 4.69) is 42.1 Å². The predicted molar refractivity (Wildman–Crippen MR) is 128 cm³/mol. The Balaban J connectivity index is 0.00000259. The van der Waals surface area contributed by atoms with Crippen molar-refractivity contribution in [2.24, 2.45) is 0 Å². The van der Waals surface area contributed by atoms with Gasteiger partial charge in [-0.15, -0.1) is 17.5 Å². The molecule has 0 spiro atoms. The van der Waals surface area contributed by atoms with Gasteiger partial charge in [0.05, 0.1) is 19.2 Å². The first-order chi connectivity index (χ1) is 15.7. The molecule has 2 heterocycles. The molecule has 176 valence electrons. The summed E-state index contributed by atoms with van der Waals surface area (Å²) in [5.41, 5.74) is 2.22. The maximum absolute atomic E-state index is 13.3. The Kier molecular flexibility index (Phi) is 7.45. The Labute approximate surface area is 199 Å². The number of aromatic nitrogens is 4. The molecule has 2 fully saturated rings. The molecule has 2 aliphatic rings. The lowest BCUT2D eigenvalue weighted by atomic mass is 10.0. The molecule has 1 saturated heterocycles. The second-order valence-corrected chi connectivity index (χ2v) is 8.60. The molecular weight excluding hydrogens is 443 g/mol. The van der Waals surface area contributed by atoms with Crippen molar-refractivity contribution in [3.8, 4) is 5.75 Å². The van der Waals surface area contributed by atoms with E-state index in [1.807, 2.05) is 24.3 Å². The third-order valence-corrected chi connectivity index (χ3v) is 6.74. The average Bonchev–Trinajstić information content (AvgIpc) is 3.53. The van der Waals surface area contributed by atoms with Gasteiger partial charge in [0, 0.05) is 31.9 Å². The monoisotopic (exact) mass is 472 g/mol. The Morgan fingerprint density at radius 3 is 2.24 bits per heavy atom. The number of methoxy groups -OCH3 is 1. The third-order valence-electron chi connectivity index (χ3n) is 6.74. The second kappa shape index (κ2) is 10.5. The molecule has 1 atom stereocenters. The number of ether oxygens (including phenoxy) is 1. The van der Waals surface area contributed by atoms with Crippen LogP contribution < -0.4 is 9.64 Å². The molecule has 1 aliphatic carbocycles. The SMILES string of the molecule is COc1ccc(C(c2nnnn2C2CCCC2)N2CCN(c3ccc(F)cc3)CC2)cc1.Cl. The molecule has 1 unspecified atom stereocenters. The van der Waals surface area contributed by atoms with E-state index in [0.29, 0.717) is 6.04 Å². The number of halogens is 2. The van der Waals surface area contributed by atoms with Crippen molar-refractivity contribution in [2.75, 3.05) is 38.2 Å². The lowest BCUT2D eigenvalue weighted by Gasteiger charge is -2.40. The van der Waals surface area contributed by atoms with Gasteiger partial charge >= 0.3 is 0 Å². The molecule has 7 nitrogen and oxygen atoms in total. The van der Waals surface area contributed by atoms with Gasteiger partial charge in [0.2, 0.25) is 0 Å². The first-order valence-electron chi connectivity index (χ1n) is 11.4. The second-order valence-electron chi connectivity index (χ2n) is 8.60. The molecular formula is C24H30ClFN6O. The summed E-state index contributed by atoms with van der Waals surface area (Å²) < 4.78 is 20.8. The van der Waals surface area contributed by atoms with Gasteiger partial charge in [-0.25, -0.2) is 9.07 Å². The molecule has 3 aromatic rings. The zero-order chi connectivity index (χ0) is 21.9. The first-order valence-corrected chi connectivity index (χ1v) is 11.4. The van der Waals surface area contributed by atoms with Crippen molar-refractivity contribution >= 4 is 18.1 Å². The molecule has 1 saturated carbocycles. The van der Waals surface area contributed by atoms with Crippen molar-refractivity contribution in [1.82, 2.24) is 25.1 Å². The van der Waals surface area contributed by atoms with Gasteiger partial charge in [-0.1, -0.05) is 25.0 Å². The van der Waals surface area contributed by atoms with Crippen LogP contribution in [-0.4, -0.2) is 58.4 Å². The van der Waals surface area contributed by atoms with Crippen LogP contribution in [-0.2, 0) is 0 Å². The molecule has 0 amide bonds. The van der Waals surface area contributed by atoms with Crippen LogP contribution in [0.25, 0.3) is 0 Å². The number of tetrazole rings is 1. The molecule has 2 aromatic carbocycles. The van der Waals surface area contributed by atoms with Gasteiger partial charge in [0.15, 0.2) is 5.82 Å². The highest BCUT2D eigenvalue weighted by molar-refractivity contribution is 5.85. The zero-order valence-electron chi connectivity index (χ0n) is 18.8. The van der Waals surface area contributed by atoms with E-state index in [-0.39, 0.29) is 24.3 Å². The number of rotatable bonds is 6. The Bertz CT molecular complexity index is 1010. The minimum atomic E-state index is -0.203. The van der Waals surface area contributed by atoms with Gasteiger partial charge in [-0.3, -0.25) is 4.90 Å². The van der Waals surface area contributed by atoms with Crippen LogP contribution in [0.3, 0.4) is 0 Å². The topological polar surface area (TPSA) is 59.3 Å². The number of anilines is 1. The molecule has 0 N–H and O–H groups in total. The summed E-state index contributed by atoms with van der Waals surface area (Å²) in [5, 5.41) is 13.0. The van der Waals surface area contributed by atoms with E-state index in [1.165, 1.54) is 25.0 Å². The van der Waals surface area contributed by atoms with Crippen LogP contribution in [0.5, 0.6) is 5.75 Å². The van der Waals surface area contributed by atoms with Crippen LogP contribution in [0.4, 0.5) is 10.1 Å². The van der Waals surface area contributed by atoms with Gasteiger partial charge < -0.3 is 9.64 Å². The van der Waals surface area contributed by atoms with E-state index in [9.17, 15) is 4.39 Å². The summed E-state index contributed by atoms with van der Waals surface area (Å²) in [6, 6.07) is 15.3. The summed E-state index contributed by atoms with van der Waals surface area (Å²) in [5.74, 6) is 1.55. The minimum Gasteiger partial charge on any atom is -0.497 e. The van der Waals surface area contributed by atoms with E-state index in [0.717, 1.165) is 61.8 Å². The number of hydrogen-bond donors (Lipinski definition) is 0. The summed E-state index contributed by atoms with van der Waals surface area (Å²) in [4.78, 5) is 4.76. The summed E-state index contributed by atoms with van der Waals surface area (Å²) in [6.45, 7) is 3.46. The predicted octanol–water partition coefficient (Wildman–Crippen LogP) is 4.27. The highest BCUT2D eigenvalue weighted by atomic mass is 35.5. The van der Waals surface area contributed by atoms with Crippen molar-refractivity contribution in [2.45, 2.75) is 37.8 Å². The van der Waals surface area contributed by atoms with E-state index < -0.39 is 0 Å². The van der Waals surface area contributed by atoms with Crippen LogP contribution in [0.15, 0.2) is 48.5 Å². The summed E-state index contributed by atoms with van der Waals surface area (Å²) in [7, 11) is 1.68. The zero-order valence-corrected chi connectivity index (χ0v) is 19.6. The van der Waals surface area contributed by atoms with Crippen molar-refractivity contribution < 1.29 is 9.13 Å². The summed E-state index contributed by atoms with van der Waals surface area (Å²) in [6.07, 6.45) is 4.72. The third kappa shape index (κ3) is 4.96. The molecule has 9 heteroatoms. The van der Waals surface area contributed by atoms with Crippen LogP contribution in [0.2, 0.25) is 0 Å². The van der Waals surface area contributed by atoms with Gasteiger partial charge in [0.25, 0.3) is 0 Å². The van der Waals surface area contributed by atoms with E-state index >= 15 is 0 Å². The summed E-state index contributed by atoms with van der Waals surface area (Å²) >= 11 is 0. The molecule has 5 rings (SSSR count). The Hall–Kier alpha value is -2.71. The fourth-order valence-corrected chi connectivity index (χ4v) is 4.99. The number of piperazine rings is 1. The highest BCUT2D eigenvalue weighted by Crippen LogP contribution is 2.35. The number of nitrogens with zero attached hydrogens (tertiary/aromatic N) is 6. The smallest absolute Gasteiger partial charge is 0.173 e. The molecule has 1 aliphatic heterocycles. The van der Waals surface area contributed by atoms with E-state index in [1.54, 1.807) is 7.11 Å². The number of hydrogen-bond acceptors (Lipinski definition) is 6. The standard InChI is InChI=1S/C24H29FN6O.ClH/c1-32-22-12-6-18(7-13-22)23(24-26-27-28-31(24)21-4-2-3-5-21)30-16-14-29(15-17-30)20-10-8-19(25)9-11-20;/h6-13,21,23H,2-5,14-17H2,1H3;1H. The van der Waals surface area contributed by atoms with Crippen molar-refractivity contribution in [1.29, 1.82) is 0 Å². The van der Waals surface area contributed by atoms with Gasteiger partial charge in [-0.2, -0.15) is 0 Å².